The van der Waals surface area contributed by atoms with E-state index < -0.39 is 0 Å². The summed E-state index contributed by atoms with van der Waals surface area (Å²) in [5.41, 5.74) is 1.73. The summed E-state index contributed by atoms with van der Waals surface area (Å²) >= 11 is 0. The molecule has 0 saturated carbocycles. The van der Waals surface area contributed by atoms with Crippen LogP contribution in [0, 0.1) is 11.3 Å². The molecule has 0 bridgehead atoms. The number of para-hydroxylation sites is 1. The number of rotatable bonds is 7. The molecule has 1 aliphatic rings. The van der Waals surface area contributed by atoms with Crippen molar-refractivity contribution >= 4 is 5.91 Å². The Morgan fingerprint density at radius 3 is 2.62 bits per heavy atom. The molecule has 1 fully saturated rings. The van der Waals surface area contributed by atoms with Crippen LogP contribution in [0.2, 0.25) is 0 Å². The van der Waals surface area contributed by atoms with Gasteiger partial charge in [0, 0.05) is 30.8 Å². The first-order valence-electron chi connectivity index (χ1n) is 10.6. The summed E-state index contributed by atoms with van der Waals surface area (Å²) in [6.45, 7) is 1.44. The topological polar surface area (TPSA) is 82.8 Å². The highest BCUT2D eigenvalue weighted by atomic mass is 16.5. The van der Waals surface area contributed by atoms with Crippen LogP contribution in [0.5, 0.6) is 17.2 Å². The van der Waals surface area contributed by atoms with Crippen LogP contribution in [-0.2, 0) is 11.3 Å². The quantitative estimate of drug-likeness (QED) is 0.580. The molecule has 6 nitrogen and oxygen atoms in total. The number of hydrogen-bond acceptors (Lipinski definition) is 5. The number of hydrogen-bond donors (Lipinski definition) is 1. The SMILES string of the molecule is N#Cc1ccc(Oc2cccc(C(=O)N(Cc3ccccc3O)CC3CCCO3)c2)cc1. The molecule has 1 amide bonds. The summed E-state index contributed by atoms with van der Waals surface area (Å²) in [6.07, 6.45) is 1.88. The monoisotopic (exact) mass is 428 g/mol. The van der Waals surface area contributed by atoms with Gasteiger partial charge in [0.15, 0.2) is 0 Å². The minimum Gasteiger partial charge on any atom is -0.508 e. The Hall–Kier alpha value is -3.82. The third-order valence-electron chi connectivity index (χ3n) is 5.39. The van der Waals surface area contributed by atoms with Crippen molar-refractivity contribution in [3.63, 3.8) is 0 Å². The molecule has 3 aromatic carbocycles. The van der Waals surface area contributed by atoms with Crippen LogP contribution in [0.4, 0.5) is 0 Å². The smallest absolute Gasteiger partial charge is 0.254 e. The van der Waals surface area contributed by atoms with Gasteiger partial charge < -0.3 is 19.5 Å². The average molecular weight is 428 g/mol. The van der Waals surface area contributed by atoms with Gasteiger partial charge in [0.1, 0.15) is 17.2 Å². The van der Waals surface area contributed by atoms with Crippen molar-refractivity contribution in [2.24, 2.45) is 0 Å². The predicted molar refractivity (Wildman–Crippen MR) is 119 cm³/mol. The first-order valence-corrected chi connectivity index (χ1v) is 10.6. The van der Waals surface area contributed by atoms with Crippen LogP contribution < -0.4 is 4.74 Å². The number of nitriles is 1. The lowest BCUT2D eigenvalue weighted by Gasteiger charge is -2.26. The van der Waals surface area contributed by atoms with Crippen molar-refractivity contribution < 1.29 is 19.4 Å². The van der Waals surface area contributed by atoms with E-state index in [1.165, 1.54) is 0 Å². The molecule has 0 aromatic heterocycles. The predicted octanol–water partition coefficient (Wildman–Crippen LogP) is 4.88. The molecule has 1 aliphatic heterocycles. The molecule has 1 N–H and O–H groups in total. The number of phenols is 1. The van der Waals surface area contributed by atoms with E-state index in [2.05, 4.69) is 6.07 Å². The molecule has 1 atom stereocenters. The third kappa shape index (κ3) is 5.26. The molecule has 0 radical (unpaired) electrons. The Kier molecular flexibility index (Phi) is 6.69. The largest absolute Gasteiger partial charge is 0.508 e. The molecule has 1 unspecified atom stereocenters. The molecule has 4 rings (SSSR count). The van der Waals surface area contributed by atoms with Crippen molar-refractivity contribution in [1.82, 2.24) is 4.90 Å². The molecule has 0 aliphatic carbocycles. The number of ether oxygens (including phenoxy) is 2. The maximum absolute atomic E-state index is 13.4. The summed E-state index contributed by atoms with van der Waals surface area (Å²) in [6, 6.07) is 22.9. The molecule has 32 heavy (non-hydrogen) atoms. The van der Waals surface area contributed by atoms with E-state index >= 15 is 0 Å². The molecule has 1 saturated heterocycles. The van der Waals surface area contributed by atoms with Crippen LogP contribution in [0.3, 0.4) is 0 Å². The fourth-order valence-electron chi connectivity index (χ4n) is 3.71. The first-order chi connectivity index (χ1) is 15.6. The highest BCUT2D eigenvalue weighted by molar-refractivity contribution is 5.94. The summed E-state index contributed by atoms with van der Waals surface area (Å²) in [4.78, 5) is 15.1. The zero-order chi connectivity index (χ0) is 22.3. The van der Waals surface area contributed by atoms with E-state index in [-0.39, 0.29) is 24.3 Å². The Balaban J connectivity index is 1.54. The van der Waals surface area contributed by atoms with Gasteiger partial charge in [0.05, 0.1) is 17.7 Å². The molecular weight excluding hydrogens is 404 g/mol. The van der Waals surface area contributed by atoms with Crippen molar-refractivity contribution in [2.45, 2.75) is 25.5 Å². The molecule has 6 heteroatoms. The number of carbonyl (C=O) groups excluding carboxylic acids is 1. The first kappa shape index (κ1) is 21.4. The average Bonchev–Trinajstić information content (AvgIpc) is 3.33. The second-order valence-electron chi connectivity index (χ2n) is 7.72. The van der Waals surface area contributed by atoms with Crippen LogP contribution in [-0.4, -0.2) is 35.2 Å². The van der Waals surface area contributed by atoms with Crippen molar-refractivity contribution in [3.8, 4) is 23.3 Å². The number of phenolic OH excluding ortho intramolecular Hbond substituents is 1. The van der Waals surface area contributed by atoms with Gasteiger partial charge in [-0.05, 0) is 61.4 Å². The summed E-state index contributed by atoms with van der Waals surface area (Å²) in [5, 5.41) is 19.1. The highest BCUT2D eigenvalue weighted by Gasteiger charge is 2.24. The highest BCUT2D eigenvalue weighted by Crippen LogP contribution is 2.25. The van der Waals surface area contributed by atoms with Gasteiger partial charge in [0.2, 0.25) is 0 Å². The van der Waals surface area contributed by atoms with Crippen LogP contribution in [0.1, 0.15) is 34.3 Å². The van der Waals surface area contributed by atoms with Crippen LogP contribution in [0.15, 0.2) is 72.8 Å². The Bertz CT molecular complexity index is 1120. The van der Waals surface area contributed by atoms with Gasteiger partial charge >= 0.3 is 0 Å². The minimum absolute atomic E-state index is 0.0112. The standard InChI is InChI=1S/C26H24N2O4/c27-16-19-10-12-22(13-11-19)32-23-7-3-6-20(15-23)26(30)28(18-24-8-4-14-31-24)17-21-5-1-2-9-25(21)29/h1-3,5-7,9-13,15,24,29H,4,8,14,17-18H2. The summed E-state index contributed by atoms with van der Waals surface area (Å²) < 4.78 is 11.6. The van der Waals surface area contributed by atoms with Crippen LogP contribution in [0.25, 0.3) is 0 Å². The summed E-state index contributed by atoms with van der Waals surface area (Å²) in [7, 11) is 0. The lowest BCUT2D eigenvalue weighted by Crippen LogP contribution is -2.37. The number of carbonyl (C=O) groups is 1. The second-order valence-corrected chi connectivity index (χ2v) is 7.72. The van der Waals surface area contributed by atoms with Gasteiger partial charge in [0.25, 0.3) is 5.91 Å². The van der Waals surface area contributed by atoms with E-state index in [0.717, 1.165) is 12.8 Å². The number of nitrogens with zero attached hydrogens (tertiary/aromatic N) is 2. The minimum atomic E-state index is -0.158. The molecule has 0 spiro atoms. The molecular formula is C26H24N2O4. The Morgan fingerprint density at radius 2 is 1.91 bits per heavy atom. The normalized spacial score (nSPS) is 15.2. The van der Waals surface area contributed by atoms with Crippen LogP contribution >= 0.6 is 0 Å². The second kappa shape index (κ2) is 9.99. The zero-order valence-electron chi connectivity index (χ0n) is 17.6. The van der Waals surface area contributed by atoms with Crippen molar-refractivity contribution in [2.75, 3.05) is 13.2 Å². The third-order valence-corrected chi connectivity index (χ3v) is 5.39. The molecule has 162 valence electrons. The maximum atomic E-state index is 13.4. The van der Waals surface area contributed by atoms with Gasteiger partial charge in [-0.15, -0.1) is 0 Å². The van der Waals surface area contributed by atoms with E-state index in [4.69, 9.17) is 14.7 Å². The molecule has 1 heterocycles. The lowest BCUT2D eigenvalue weighted by atomic mass is 10.1. The van der Waals surface area contributed by atoms with Crippen molar-refractivity contribution in [3.05, 3.63) is 89.5 Å². The maximum Gasteiger partial charge on any atom is 0.254 e. The van der Waals surface area contributed by atoms with E-state index in [0.29, 0.717) is 41.3 Å². The molecule has 3 aromatic rings. The van der Waals surface area contributed by atoms with Gasteiger partial charge in [-0.2, -0.15) is 5.26 Å². The number of aromatic hydroxyl groups is 1. The van der Waals surface area contributed by atoms with E-state index in [1.807, 2.05) is 12.1 Å². The van der Waals surface area contributed by atoms with Gasteiger partial charge in [-0.1, -0.05) is 24.3 Å². The van der Waals surface area contributed by atoms with Gasteiger partial charge in [-0.25, -0.2) is 0 Å². The number of benzene rings is 3. The fraction of sp³-hybridized carbons (Fsp3) is 0.231. The summed E-state index contributed by atoms with van der Waals surface area (Å²) in [5.74, 6) is 1.11. The van der Waals surface area contributed by atoms with Crippen molar-refractivity contribution in [1.29, 1.82) is 5.26 Å². The van der Waals surface area contributed by atoms with Gasteiger partial charge in [-0.3, -0.25) is 4.79 Å². The van der Waals surface area contributed by atoms with E-state index in [1.54, 1.807) is 65.6 Å². The fourth-order valence-corrected chi connectivity index (χ4v) is 3.71. The number of amides is 1. The Morgan fingerprint density at radius 1 is 1.09 bits per heavy atom. The Labute approximate surface area is 187 Å². The lowest BCUT2D eigenvalue weighted by molar-refractivity contribution is 0.0505. The van der Waals surface area contributed by atoms with E-state index in [9.17, 15) is 9.90 Å². The zero-order valence-corrected chi connectivity index (χ0v) is 17.6.